The number of nitrogens with one attached hydrogen (secondary N) is 1. The van der Waals surface area contributed by atoms with Gasteiger partial charge >= 0.3 is 0 Å². The maximum atomic E-state index is 6.36. The lowest BCUT2D eigenvalue weighted by atomic mass is 10.2. The van der Waals surface area contributed by atoms with Gasteiger partial charge in [-0.2, -0.15) is 0 Å². The minimum absolute atomic E-state index is 0.541. The second-order valence-corrected chi connectivity index (χ2v) is 6.98. The minimum atomic E-state index is 0.541. The van der Waals surface area contributed by atoms with Crippen LogP contribution in [0.25, 0.3) is 0 Å². The van der Waals surface area contributed by atoms with Gasteiger partial charge in [-0.1, -0.05) is 18.2 Å². The average Bonchev–Trinajstić information content (AvgIpc) is 3.13. The predicted octanol–water partition coefficient (Wildman–Crippen LogP) is 3.57. The van der Waals surface area contributed by atoms with Crippen molar-refractivity contribution in [2.75, 3.05) is 22.5 Å². The summed E-state index contributed by atoms with van der Waals surface area (Å²) in [5.41, 5.74) is 10.4. The number of anilines is 5. The number of rotatable bonds is 3. The van der Waals surface area contributed by atoms with E-state index >= 15 is 0 Å². The van der Waals surface area contributed by atoms with E-state index in [4.69, 9.17) is 5.73 Å². The highest BCUT2D eigenvalue weighted by Gasteiger charge is 2.24. The van der Waals surface area contributed by atoms with E-state index in [9.17, 15) is 0 Å². The van der Waals surface area contributed by atoms with E-state index in [1.807, 2.05) is 19.9 Å². The molecule has 3 aromatic rings. The fourth-order valence-electron chi connectivity index (χ4n) is 2.89. The van der Waals surface area contributed by atoms with E-state index in [-0.39, 0.29) is 0 Å². The van der Waals surface area contributed by atoms with Crippen LogP contribution in [0.4, 0.5) is 28.1 Å². The molecule has 122 valence electrons. The van der Waals surface area contributed by atoms with E-state index in [1.165, 1.54) is 10.4 Å². The topological polar surface area (TPSA) is 80.0 Å². The zero-order valence-corrected chi connectivity index (χ0v) is 14.4. The number of hydrogen-bond donors (Lipinski definition) is 2. The molecule has 3 heterocycles. The maximum absolute atomic E-state index is 6.36. The monoisotopic (exact) mass is 338 g/mol. The normalized spacial score (nSPS) is 13.2. The molecule has 0 atom stereocenters. The number of aromatic nitrogens is 3. The molecule has 0 fully saturated rings. The van der Waals surface area contributed by atoms with Crippen LogP contribution < -0.4 is 16.0 Å². The number of nitrogens with zero attached hydrogens (tertiary/aromatic N) is 4. The summed E-state index contributed by atoms with van der Waals surface area (Å²) in [6.07, 6.45) is 2.54. The van der Waals surface area contributed by atoms with Gasteiger partial charge in [0, 0.05) is 17.1 Å². The maximum Gasteiger partial charge on any atom is 0.188 e. The van der Waals surface area contributed by atoms with Crippen molar-refractivity contribution in [3.8, 4) is 0 Å². The molecule has 24 heavy (non-hydrogen) atoms. The van der Waals surface area contributed by atoms with Gasteiger partial charge in [-0.25, -0.2) is 15.0 Å². The number of hydrogen-bond acceptors (Lipinski definition) is 7. The Morgan fingerprint density at radius 2 is 2.04 bits per heavy atom. The second kappa shape index (κ2) is 5.76. The zero-order valence-electron chi connectivity index (χ0n) is 13.6. The van der Waals surface area contributed by atoms with Crippen molar-refractivity contribution in [3.63, 3.8) is 0 Å². The fourth-order valence-corrected chi connectivity index (χ4v) is 3.70. The van der Waals surface area contributed by atoms with Crippen LogP contribution in [0.1, 0.15) is 16.1 Å². The number of benzene rings is 1. The molecule has 0 unspecified atom stereocenters. The first-order chi connectivity index (χ1) is 11.6. The molecule has 1 aliphatic rings. The van der Waals surface area contributed by atoms with Crippen LogP contribution in [-0.2, 0) is 6.42 Å². The minimum Gasteiger partial charge on any atom is -0.393 e. The van der Waals surface area contributed by atoms with Gasteiger partial charge in [0.2, 0.25) is 0 Å². The summed E-state index contributed by atoms with van der Waals surface area (Å²) in [5, 5.41) is 4.02. The molecule has 0 saturated heterocycles. The molecular formula is C17H18N6S. The molecule has 4 rings (SSSR count). The molecule has 0 radical (unpaired) electrons. The Morgan fingerprint density at radius 3 is 2.83 bits per heavy atom. The third-order valence-electron chi connectivity index (χ3n) is 4.26. The molecule has 1 aromatic carbocycles. The molecule has 0 aliphatic carbocycles. The van der Waals surface area contributed by atoms with E-state index in [2.05, 4.69) is 43.4 Å². The summed E-state index contributed by atoms with van der Waals surface area (Å²) >= 11 is 1.59. The van der Waals surface area contributed by atoms with E-state index < -0.39 is 0 Å². The summed E-state index contributed by atoms with van der Waals surface area (Å²) in [6, 6.07) is 8.35. The van der Waals surface area contributed by atoms with Crippen LogP contribution in [0.2, 0.25) is 0 Å². The molecule has 3 N–H and O–H groups in total. The smallest absolute Gasteiger partial charge is 0.188 e. The van der Waals surface area contributed by atoms with Crippen LogP contribution in [0.15, 0.2) is 30.6 Å². The molecule has 0 saturated carbocycles. The van der Waals surface area contributed by atoms with E-state index in [0.29, 0.717) is 11.5 Å². The van der Waals surface area contributed by atoms with Crippen molar-refractivity contribution in [1.29, 1.82) is 0 Å². The van der Waals surface area contributed by atoms with Crippen LogP contribution in [0.5, 0.6) is 0 Å². The highest BCUT2D eigenvalue weighted by molar-refractivity contribution is 7.15. The first-order valence-electron chi connectivity index (χ1n) is 7.80. The lowest BCUT2D eigenvalue weighted by molar-refractivity contribution is 0.967. The Bertz CT molecular complexity index is 884. The Balaban J connectivity index is 1.69. The van der Waals surface area contributed by atoms with Gasteiger partial charge in [0.1, 0.15) is 12.0 Å². The van der Waals surface area contributed by atoms with Crippen molar-refractivity contribution in [1.82, 2.24) is 15.0 Å². The van der Waals surface area contributed by atoms with Crippen molar-refractivity contribution < 1.29 is 0 Å². The summed E-state index contributed by atoms with van der Waals surface area (Å²) in [6.45, 7) is 4.91. The number of fused-ring (bicyclic) bond motifs is 1. The standard InChI is InChI=1S/C17H18N6S/c1-10-11(2)24-17(21-10)22-15-14(18)16(20-9-19-15)23-8-7-12-5-3-4-6-13(12)23/h3-6,9H,7-8,18H2,1-2H3,(H,19,20,21,22). The summed E-state index contributed by atoms with van der Waals surface area (Å²) in [4.78, 5) is 16.5. The van der Waals surface area contributed by atoms with Gasteiger partial charge in [-0.3, -0.25) is 0 Å². The largest absolute Gasteiger partial charge is 0.393 e. The molecular weight excluding hydrogens is 320 g/mol. The van der Waals surface area contributed by atoms with Crippen LogP contribution >= 0.6 is 11.3 Å². The quantitative estimate of drug-likeness (QED) is 0.760. The molecule has 1 aliphatic heterocycles. The van der Waals surface area contributed by atoms with Gasteiger partial charge < -0.3 is 16.0 Å². The number of para-hydroxylation sites is 1. The number of nitrogen functional groups attached to an aromatic ring is 1. The van der Waals surface area contributed by atoms with E-state index in [0.717, 1.165) is 35.3 Å². The first kappa shape index (κ1) is 14.9. The lowest BCUT2D eigenvalue weighted by Crippen LogP contribution is -2.17. The van der Waals surface area contributed by atoms with Gasteiger partial charge in [0.25, 0.3) is 0 Å². The highest BCUT2D eigenvalue weighted by Crippen LogP contribution is 2.38. The molecule has 7 heteroatoms. The van der Waals surface area contributed by atoms with Crippen molar-refractivity contribution in [3.05, 3.63) is 46.7 Å². The van der Waals surface area contributed by atoms with Crippen LogP contribution in [0.3, 0.4) is 0 Å². The zero-order chi connectivity index (χ0) is 16.7. The van der Waals surface area contributed by atoms with Gasteiger partial charge in [-0.05, 0) is 31.9 Å². The summed E-state index contributed by atoms with van der Waals surface area (Å²) in [5.74, 6) is 1.33. The van der Waals surface area contributed by atoms with Gasteiger partial charge in [0.05, 0.1) is 5.69 Å². The summed E-state index contributed by atoms with van der Waals surface area (Å²) in [7, 11) is 0. The molecule has 0 bridgehead atoms. The van der Waals surface area contributed by atoms with Crippen LogP contribution in [0, 0.1) is 13.8 Å². The third kappa shape index (κ3) is 2.46. The highest BCUT2D eigenvalue weighted by atomic mass is 32.1. The SMILES string of the molecule is Cc1nc(Nc2ncnc(N3CCc4ccccc43)c2N)sc1C. The van der Waals surface area contributed by atoms with E-state index in [1.54, 1.807) is 17.7 Å². The van der Waals surface area contributed by atoms with Gasteiger partial charge in [-0.15, -0.1) is 11.3 Å². The van der Waals surface area contributed by atoms with Crippen molar-refractivity contribution >= 4 is 39.5 Å². The van der Waals surface area contributed by atoms with Crippen LogP contribution in [-0.4, -0.2) is 21.5 Å². The summed E-state index contributed by atoms with van der Waals surface area (Å²) < 4.78 is 0. The molecule has 2 aromatic heterocycles. The Kier molecular flexibility index (Phi) is 3.57. The molecule has 6 nitrogen and oxygen atoms in total. The van der Waals surface area contributed by atoms with Gasteiger partial charge in [0.15, 0.2) is 16.8 Å². The number of thiazole rings is 1. The molecule has 0 amide bonds. The third-order valence-corrected chi connectivity index (χ3v) is 5.25. The molecule has 0 spiro atoms. The van der Waals surface area contributed by atoms with Crippen molar-refractivity contribution in [2.45, 2.75) is 20.3 Å². The fraction of sp³-hybridized carbons (Fsp3) is 0.235. The number of aryl methyl sites for hydroxylation is 2. The van der Waals surface area contributed by atoms with Crippen molar-refractivity contribution in [2.24, 2.45) is 0 Å². The Morgan fingerprint density at radius 1 is 1.21 bits per heavy atom. The number of nitrogens with two attached hydrogens (primary N) is 1. The average molecular weight is 338 g/mol. The Labute approximate surface area is 144 Å². The second-order valence-electron chi connectivity index (χ2n) is 5.78. The predicted molar refractivity (Wildman–Crippen MR) is 98.5 cm³/mol. The lowest BCUT2D eigenvalue weighted by Gasteiger charge is -2.20. The first-order valence-corrected chi connectivity index (χ1v) is 8.62. The Hall–Kier alpha value is -2.67.